The number of ether oxygens (including phenoxy) is 1. The lowest BCUT2D eigenvalue weighted by molar-refractivity contribution is -0.274. The SMILES string of the molecule is CC(C)(CO)NC(=O)c1nnn(-c2ccc(OC(F)(F)F)cc2)n1. The van der Waals surface area contributed by atoms with Crippen molar-refractivity contribution in [2.45, 2.75) is 25.7 Å². The first-order chi connectivity index (χ1) is 11.1. The van der Waals surface area contributed by atoms with Crippen molar-refractivity contribution >= 4 is 5.91 Å². The summed E-state index contributed by atoms with van der Waals surface area (Å²) in [6.45, 7) is 2.93. The van der Waals surface area contributed by atoms with Gasteiger partial charge >= 0.3 is 6.36 Å². The molecule has 0 saturated carbocycles. The molecule has 0 spiro atoms. The fourth-order valence-corrected chi connectivity index (χ4v) is 1.60. The van der Waals surface area contributed by atoms with Gasteiger partial charge in [-0.2, -0.15) is 0 Å². The van der Waals surface area contributed by atoms with Crippen LogP contribution in [-0.4, -0.2) is 49.7 Å². The van der Waals surface area contributed by atoms with E-state index in [1.165, 1.54) is 12.1 Å². The molecule has 24 heavy (non-hydrogen) atoms. The largest absolute Gasteiger partial charge is 0.573 e. The number of hydrogen-bond acceptors (Lipinski definition) is 6. The van der Waals surface area contributed by atoms with E-state index >= 15 is 0 Å². The number of halogens is 3. The molecule has 8 nitrogen and oxygen atoms in total. The number of amides is 1. The van der Waals surface area contributed by atoms with Gasteiger partial charge in [0.1, 0.15) is 5.75 Å². The average molecular weight is 345 g/mol. The first kappa shape index (κ1) is 17.7. The van der Waals surface area contributed by atoms with Gasteiger partial charge in [-0.15, -0.1) is 28.2 Å². The van der Waals surface area contributed by atoms with Crippen LogP contribution in [0.25, 0.3) is 5.69 Å². The lowest BCUT2D eigenvalue weighted by Gasteiger charge is -2.22. The van der Waals surface area contributed by atoms with Crippen LogP contribution in [0.15, 0.2) is 24.3 Å². The number of nitrogens with one attached hydrogen (secondary N) is 1. The fraction of sp³-hybridized carbons (Fsp3) is 0.385. The first-order valence-corrected chi connectivity index (χ1v) is 6.69. The highest BCUT2D eigenvalue weighted by molar-refractivity contribution is 5.90. The first-order valence-electron chi connectivity index (χ1n) is 6.69. The third-order valence-electron chi connectivity index (χ3n) is 2.77. The van der Waals surface area contributed by atoms with Crippen molar-refractivity contribution in [3.63, 3.8) is 0 Å². The monoisotopic (exact) mass is 345 g/mol. The maximum Gasteiger partial charge on any atom is 0.573 e. The third-order valence-corrected chi connectivity index (χ3v) is 2.77. The lowest BCUT2D eigenvalue weighted by atomic mass is 10.1. The Balaban J connectivity index is 2.12. The van der Waals surface area contributed by atoms with E-state index in [1.807, 2.05) is 0 Å². The molecule has 1 heterocycles. The van der Waals surface area contributed by atoms with E-state index in [2.05, 4.69) is 25.5 Å². The second kappa shape index (κ2) is 6.43. The molecule has 2 N–H and O–H groups in total. The van der Waals surface area contributed by atoms with Gasteiger partial charge in [0.15, 0.2) is 0 Å². The molecular formula is C13H14F3N5O3. The molecule has 0 saturated heterocycles. The van der Waals surface area contributed by atoms with Crippen molar-refractivity contribution in [2.75, 3.05) is 6.61 Å². The highest BCUT2D eigenvalue weighted by atomic mass is 19.4. The molecule has 0 aliphatic rings. The van der Waals surface area contributed by atoms with Crippen LogP contribution in [-0.2, 0) is 0 Å². The summed E-state index contributed by atoms with van der Waals surface area (Å²) in [5.74, 6) is -1.28. The molecule has 2 aromatic rings. The lowest BCUT2D eigenvalue weighted by Crippen LogP contribution is -2.46. The van der Waals surface area contributed by atoms with Crippen molar-refractivity contribution in [1.82, 2.24) is 25.5 Å². The number of carbonyl (C=O) groups excluding carboxylic acids is 1. The van der Waals surface area contributed by atoms with Crippen molar-refractivity contribution in [3.05, 3.63) is 30.1 Å². The van der Waals surface area contributed by atoms with Crippen molar-refractivity contribution < 1.29 is 27.8 Å². The maximum atomic E-state index is 12.1. The number of aliphatic hydroxyl groups excluding tert-OH is 1. The number of benzene rings is 1. The number of tetrazole rings is 1. The Morgan fingerprint density at radius 1 is 1.29 bits per heavy atom. The summed E-state index contributed by atoms with van der Waals surface area (Å²) >= 11 is 0. The number of nitrogens with zero attached hydrogens (tertiary/aromatic N) is 4. The summed E-state index contributed by atoms with van der Waals surface area (Å²) in [7, 11) is 0. The van der Waals surface area contributed by atoms with Gasteiger partial charge in [0, 0.05) is 0 Å². The molecule has 0 unspecified atom stereocenters. The van der Waals surface area contributed by atoms with E-state index < -0.39 is 23.6 Å². The van der Waals surface area contributed by atoms with Crippen LogP contribution in [0.4, 0.5) is 13.2 Å². The van der Waals surface area contributed by atoms with Crippen molar-refractivity contribution in [1.29, 1.82) is 0 Å². The number of rotatable bonds is 5. The molecule has 0 radical (unpaired) electrons. The summed E-state index contributed by atoms with van der Waals surface area (Å²) in [5.41, 5.74) is -0.573. The topological polar surface area (TPSA) is 102 Å². The van der Waals surface area contributed by atoms with E-state index in [0.717, 1.165) is 16.9 Å². The van der Waals surface area contributed by atoms with Gasteiger partial charge < -0.3 is 15.2 Å². The van der Waals surface area contributed by atoms with Crippen LogP contribution < -0.4 is 10.1 Å². The van der Waals surface area contributed by atoms with Crippen LogP contribution in [0.1, 0.15) is 24.5 Å². The summed E-state index contributed by atoms with van der Waals surface area (Å²) in [6, 6.07) is 4.73. The Morgan fingerprint density at radius 3 is 2.46 bits per heavy atom. The molecule has 11 heteroatoms. The molecule has 0 aliphatic carbocycles. The van der Waals surface area contributed by atoms with E-state index in [9.17, 15) is 18.0 Å². The van der Waals surface area contributed by atoms with Gasteiger partial charge in [-0.05, 0) is 43.3 Å². The predicted molar refractivity (Wildman–Crippen MR) is 74.5 cm³/mol. The number of aliphatic hydroxyl groups is 1. The molecule has 0 bridgehead atoms. The molecule has 130 valence electrons. The highest BCUT2D eigenvalue weighted by Gasteiger charge is 2.31. The number of hydrogen-bond donors (Lipinski definition) is 2. The predicted octanol–water partition coefficient (Wildman–Crippen LogP) is 1.06. The summed E-state index contributed by atoms with van der Waals surface area (Å²) in [6.07, 6.45) is -4.78. The zero-order chi connectivity index (χ0) is 18.0. The van der Waals surface area contributed by atoms with Gasteiger partial charge in [-0.1, -0.05) is 0 Å². The van der Waals surface area contributed by atoms with Gasteiger partial charge in [-0.3, -0.25) is 4.79 Å². The van der Waals surface area contributed by atoms with Crippen molar-refractivity contribution in [3.8, 4) is 11.4 Å². The minimum Gasteiger partial charge on any atom is -0.406 e. The molecule has 1 aromatic carbocycles. The van der Waals surface area contributed by atoms with Gasteiger partial charge in [0.25, 0.3) is 11.7 Å². The molecule has 2 rings (SSSR count). The minimum absolute atomic E-state index is 0.243. The van der Waals surface area contributed by atoms with Gasteiger partial charge in [0.2, 0.25) is 0 Å². The highest BCUT2D eigenvalue weighted by Crippen LogP contribution is 2.23. The zero-order valence-corrected chi connectivity index (χ0v) is 12.7. The second-order valence-electron chi connectivity index (χ2n) is 5.44. The van der Waals surface area contributed by atoms with Crippen LogP contribution in [0.2, 0.25) is 0 Å². The van der Waals surface area contributed by atoms with E-state index in [0.29, 0.717) is 0 Å². The van der Waals surface area contributed by atoms with Crippen LogP contribution in [0, 0.1) is 0 Å². The number of alkyl halides is 3. The molecule has 1 amide bonds. The second-order valence-corrected chi connectivity index (χ2v) is 5.44. The van der Waals surface area contributed by atoms with Crippen LogP contribution in [0.5, 0.6) is 5.75 Å². The fourth-order valence-electron chi connectivity index (χ4n) is 1.60. The summed E-state index contributed by atoms with van der Waals surface area (Å²) in [5, 5.41) is 22.7. The zero-order valence-electron chi connectivity index (χ0n) is 12.7. The smallest absolute Gasteiger partial charge is 0.406 e. The standard InChI is InChI=1S/C13H14F3N5O3/c1-12(2,7-22)17-11(23)10-18-20-21(19-10)8-3-5-9(6-4-8)24-13(14,15)16/h3-6,22H,7H2,1-2H3,(H,17,23). The molecule has 0 fully saturated rings. The van der Waals surface area contributed by atoms with Gasteiger partial charge in [-0.25, -0.2) is 0 Å². The molecular weight excluding hydrogens is 331 g/mol. The summed E-state index contributed by atoms with van der Waals surface area (Å²) < 4.78 is 40.0. The Labute approximate surface area is 134 Å². The quantitative estimate of drug-likeness (QED) is 0.840. The Bertz CT molecular complexity index is 712. The Hall–Kier alpha value is -2.69. The average Bonchev–Trinajstić information content (AvgIpc) is 2.96. The number of aromatic nitrogens is 4. The van der Waals surface area contributed by atoms with E-state index in [1.54, 1.807) is 13.8 Å². The normalized spacial score (nSPS) is 12.1. The molecule has 0 atom stereocenters. The minimum atomic E-state index is -4.78. The molecule has 1 aromatic heterocycles. The van der Waals surface area contributed by atoms with Crippen LogP contribution in [0.3, 0.4) is 0 Å². The Kier molecular flexibility index (Phi) is 4.73. The van der Waals surface area contributed by atoms with Crippen LogP contribution >= 0.6 is 0 Å². The third kappa shape index (κ3) is 4.65. The van der Waals surface area contributed by atoms with E-state index in [-0.39, 0.29) is 18.1 Å². The maximum absolute atomic E-state index is 12.1. The van der Waals surface area contributed by atoms with Gasteiger partial charge in [0.05, 0.1) is 17.8 Å². The number of carbonyl (C=O) groups is 1. The Morgan fingerprint density at radius 2 is 1.92 bits per heavy atom. The van der Waals surface area contributed by atoms with E-state index in [4.69, 9.17) is 5.11 Å². The molecule has 0 aliphatic heterocycles. The van der Waals surface area contributed by atoms with Crippen molar-refractivity contribution in [2.24, 2.45) is 0 Å². The summed E-state index contributed by atoms with van der Waals surface area (Å²) in [4.78, 5) is 12.9.